The molecule has 0 radical (unpaired) electrons. The summed E-state index contributed by atoms with van der Waals surface area (Å²) in [6.07, 6.45) is 4.19. The molecule has 0 aliphatic heterocycles. The van der Waals surface area contributed by atoms with Gasteiger partial charge in [0.2, 0.25) is 0 Å². The standard InChI is InChI=1S/2C10H20.C7H12O7/c2*1-5-10(4)8-6-7-9(2)3;1-2(8)3(9)4(10)5(11)6(12)7(13)14/h2*7,10H,5-6,8H2,1-4H3;3-6,8-12H,1H2,(H,13,14)/t;;3?,4?,5-,6+/m..1/s1. The predicted octanol–water partition coefficient (Wildman–Crippen LogP) is 5.14. The number of rotatable bonds is 13. The summed E-state index contributed by atoms with van der Waals surface area (Å²) in [5, 5.41) is 52.6. The van der Waals surface area contributed by atoms with Gasteiger partial charge in [0.05, 0.1) is 0 Å². The minimum atomic E-state index is -2.25. The first kappa shape index (κ1) is 36.9. The van der Waals surface area contributed by atoms with E-state index < -0.39 is 36.1 Å². The van der Waals surface area contributed by atoms with E-state index in [-0.39, 0.29) is 0 Å². The Kier molecular flexibility index (Phi) is 23.7. The number of carboxylic acid groups (broad SMARTS) is 1. The largest absolute Gasteiger partial charge is 0.510 e. The highest BCUT2D eigenvalue weighted by Crippen LogP contribution is 2.11. The number of allylic oxidation sites excluding steroid dienone is 4. The fourth-order valence-corrected chi connectivity index (χ4v) is 2.44. The maximum absolute atomic E-state index is 10.1. The molecule has 6 atom stereocenters. The molecule has 0 rings (SSSR count). The third-order valence-corrected chi connectivity index (χ3v) is 5.41. The second kappa shape index (κ2) is 21.8. The molecule has 7 nitrogen and oxygen atoms in total. The van der Waals surface area contributed by atoms with Gasteiger partial charge in [0.25, 0.3) is 0 Å². The first-order valence-electron chi connectivity index (χ1n) is 12.2. The van der Waals surface area contributed by atoms with E-state index in [2.05, 4.69) is 74.1 Å². The fraction of sp³-hybridized carbons (Fsp3) is 0.741. The maximum atomic E-state index is 10.1. The Labute approximate surface area is 207 Å². The summed E-state index contributed by atoms with van der Waals surface area (Å²) in [6.45, 7) is 20.7. The summed E-state index contributed by atoms with van der Waals surface area (Å²) in [5.41, 5.74) is 2.90. The van der Waals surface area contributed by atoms with E-state index in [0.29, 0.717) is 0 Å². The van der Waals surface area contributed by atoms with Crippen LogP contribution in [0.15, 0.2) is 35.6 Å². The van der Waals surface area contributed by atoms with Crippen molar-refractivity contribution in [3.63, 3.8) is 0 Å². The topological polar surface area (TPSA) is 138 Å². The lowest BCUT2D eigenvalue weighted by molar-refractivity contribution is -0.162. The van der Waals surface area contributed by atoms with E-state index in [0.717, 1.165) is 11.8 Å². The van der Waals surface area contributed by atoms with E-state index in [9.17, 15) is 4.79 Å². The summed E-state index contributed by atoms with van der Waals surface area (Å²) in [5.74, 6) is -0.798. The molecule has 6 N–H and O–H groups in total. The quantitative estimate of drug-likeness (QED) is 0.156. The van der Waals surface area contributed by atoms with Crippen molar-refractivity contribution in [1.82, 2.24) is 0 Å². The zero-order chi connectivity index (χ0) is 27.4. The Morgan fingerprint density at radius 2 is 1.06 bits per heavy atom. The van der Waals surface area contributed by atoms with Crippen LogP contribution in [0.4, 0.5) is 0 Å². The van der Waals surface area contributed by atoms with Gasteiger partial charge in [0.15, 0.2) is 6.10 Å². The van der Waals surface area contributed by atoms with Gasteiger partial charge in [-0.15, -0.1) is 0 Å². The van der Waals surface area contributed by atoms with Crippen LogP contribution in [0.25, 0.3) is 0 Å². The molecule has 7 heteroatoms. The van der Waals surface area contributed by atoms with Crippen LogP contribution in [0.2, 0.25) is 0 Å². The first-order chi connectivity index (χ1) is 15.6. The lowest BCUT2D eigenvalue weighted by Gasteiger charge is -2.23. The number of aliphatic carboxylic acids is 1. The molecule has 202 valence electrons. The molecule has 0 aromatic rings. The van der Waals surface area contributed by atoms with Crippen LogP contribution in [-0.4, -0.2) is 61.0 Å². The van der Waals surface area contributed by atoms with E-state index in [1.807, 2.05) is 0 Å². The molecular weight excluding hydrogens is 436 g/mol. The Bertz CT molecular complexity index is 538. The van der Waals surface area contributed by atoms with Crippen molar-refractivity contribution in [3.05, 3.63) is 35.6 Å². The van der Waals surface area contributed by atoms with Gasteiger partial charge in [0, 0.05) is 0 Å². The first-order valence-corrected chi connectivity index (χ1v) is 12.2. The highest BCUT2D eigenvalue weighted by Gasteiger charge is 2.35. The smallest absolute Gasteiger partial charge is 0.335 e. The van der Waals surface area contributed by atoms with Crippen LogP contribution in [0, 0.1) is 11.8 Å². The van der Waals surface area contributed by atoms with Crippen LogP contribution >= 0.6 is 0 Å². The van der Waals surface area contributed by atoms with Gasteiger partial charge in [-0.05, 0) is 65.2 Å². The average molecular weight is 489 g/mol. The molecule has 0 bridgehead atoms. The average Bonchev–Trinajstić information content (AvgIpc) is 2.76. The van der Waals surface area contributed by atoms with Gasteiger partial charge >= 0.3 is 5.97 Å². The Morgan fingerprint density at radius 1 is 0.735 bits per heavy atom. The van der Waals surface area contributed by atoms with Crippen LogP contribution < -0.4 is 0 Å². The normalized spacial score (nSPS) is 15.5. The molecule has 0 aliphatic rings. The molecule has 0 amide bonds. The van der Waals surface area contributed by atoms with Crippen molar-refractivity contribution < 1.29 is 35.4 Å². The number of hydrogen-bond donors (Lipinski definition) is 6. The van der Waals surface area contributed by atoms with Crippen molar-refractivity contribution in [2.45, 2.75) is 118 Å². The van der Waals surface area contributed by atoms with E-state index in [1.165, 1.54) is 49.7 Å². The molecule has 0 saturated heterocycles. The van der Waals surface area contributed by atoms with E-state index in [1.54, 1.807) is 0 Å². The number of hydrogen-bond acceptors (Lipinski definition) is 6. The summed E-state index contributed by atoms with van der Waals surface area (Å²) in [6, 6.07) is 0. The van der Waals surface area contributed by atoms with Gasteiger partial charge in [0.1, 0.15) is 24.1 Å². The van der Waals surface area contributed by atoms with Gasteiger partial charge in [-0.1, -0.05) is 70.4 Å². The van der Waals surface area contributed by atoms with Crippen molar-refractivity contribution in [3.8, 4) is 0 Å². The number of aliphatic hydroxyl groups is 5. The van der Waals surface area contributed by atoms with Crippen molar-refractivity contribution in [2.24, 2.45) is 11.8 Å². The van der Waals surface area contributed by atoms with Crippen molar-refractivity contribution in [2.75, 3.05) is 0 Å². The van der Waals surface area contributed by atoms with Crippen molar-refractivity contribution >= 4 is 5.97 Å². The third-order valence-electron chi connectivity index (χ3n) is 5.41. The van der Waals surface area contributed by atoms with E-state index >= 15 is 0 Å². The van der Waals surface area contributed by atoms with Crippen LogP contribution in [-0.2, 0) is 4.79 Å². The molecule has 0 aromatic carbocycles. The molecule has 0 saturated carbocycles. The minimum absolute atomic E-state index is 0.839. The molecule has 0 spiro atoms. The predicted molar refractivity (Wildman–Crippen MR) is 140 cm³/mol. The Balaban J connectivity index is -0.000000434. The summed E-state index contributed by atoms with van der Waals surface area (Å²) >= 11 is 0. The lowest BCUT2D eigenvalue weighted by atomic mass is 10.0. The molecule has 0 fully saturated rings. The molecule has 34 heavy (non-hydrogen) atoms. The molecule has 0 aromatic heterocycles. The van der Waals surface area contributed by atoms with Gasteiger partial charge < -0.3 is 30.6 Å². The summed E-state index contributed by atoms with van der Waals surface area (Å²) in [7, 11) is 0. The molecule has 0 aliphatic carbocycles. The van der Waals surface area contributed by atoms with Crippen LogP contribution in [0.3, 0.4) is 0 Å². The monoisotopic (exact) mass is 488 g/mol. The van der Waals surface area contributed by atoms with Crippen molar-refractivity contribution in [1.29, 1.82) is 0 Å². The second-order valence-corrected chi connectivity index (χ2v) is 9.44. The number of carboxylic acids is 1. The van der Waals surface area contributed by atoms with Crippen LogP contribution in [0.5, 0.6) is 0 Å². The second-order valence-electron chi connectivity index (χ2n) is 9.44. The Morgan fingerprint density at radius 3 is 1.29 bits per heavy atom. The minimum Gasteiger partial charge on any atom is -0.510 e. The highest BCUT2D eigenvalue weighted by molar-refractivity contribution is 5.72. The van der Waals surface area contributed by atoms with Gasteiger partial charge in [-0.2, -0.15) is 0 Å². The van der Waals surface area contributed by atoms with Gasteiger partial charge in [-0.3, -0.25) is 0 Å². The fourth-order valence-electron chi connectivity index (χ4n) is 2.44. The molecule has 4 unspecified atom stereocenters. The third kappa shape index (κ3) is 22.1. The zero-order valence-corrected chi connectivity index (χ0v) is 22.7. The maximum Gasteiger partial charge on any atom is 0.335 e. The summed E-state index contributed by atoms with van der Waals surface area (Å²) < 4.78 is 0. The highest BCUT2D eigenvalue weighted by atomic mass is 16.4. The summed E-state index contributed by atoms with van der Waals surface area (Å²) in [4.78, 5) is 10.1. The van der Waals surface area contributed by atoms with E-state index in [4.69, 9.17) is 30.6 Å². The number of aliphatic hydroxyl groups excluding tert-OH is 5. The lowest BCUT2D eigenvalue weighted by Crippen LogP contribution is -2.48. The molecule has 0 heterocycles. The number of carbonyl (C=O) groups is 1. The SMILES string of the molecule is C=C(O)C(O)C(O)[C@@H](O)[C@H](O)C(=O)O.CCC(C)CCC=C(C)C.CCC(C)CCC=C(C)C. The van der Waals surface area contributed by atoms with Crippen LogP contribution in [0.1, 0.15) is 93.9 Å². The Hall–Kier alpha value is -1.67. The molecular formula is C27H52O7. The van der Waals surface area contributed by atoms with Gasteiger partial charge in [-0.25, -0.2) is 4.79 Å². The zero-order valence-electron chi connectivity index (χ0n) is 22.7.